The Labute approximate surface area is 107 Å². The summed E-state index contributed by atoms with van der Waals surface area (Å²) in [4.78, 5) is 0. The second-order valence-corrected chi connectivity index (χ2v) is 4.22. The van der Waals surface area contributed by atoms with E-state index in [1.54, 1.807) is 0 Å². The molecule has 0 unspecified atom stereocenters. The summed E-state index contributed by atoms with van der Waals surface area (Å²) in [6.45, 7) is 2.51. The van der Waals surface area contributed by atoms with E-state index in [4.69, 9.17) is 15.9 Å². The minimum Gasteiger partial charge on any atom is -0.489 e. The Bertz CT molecular complexity index is 564. The summed E-state index contributed by atoms with van der Waals surface area (Å²) in [5.41, 5.74) is 8.35. The molecule has 2 aromatic carbocycles. The van der Waals surface area contributed by atoms with Gasteiger partial charge in [-0.15, -0.1) is 0 Å². The van der Waals surface area contributed by atoms with Crippen molar-refractivity contribution in [2.24, 2.45) is 5.73 Å². The molecule has 0 atom stereocenters. The number of amidine groups is 1. The maximum Gasteiger partial charge on any atom is 0.122 e. The fourth-order valence-electron chi connectivity index (χ4n) is 1.70. The third-order valence-corrected chi connectivity index (χ3v) is 2.63. The summed E-state index contributed by atoms with van der Waals surface area (Å²) >= 11 is 0. The SMILES string of the molecule is Cc1cccc(OCc2cccc(C(=N)N)c2)c1. The fraction of sp³-hybridized carbons (Fsp3) is 0.133. The lowest BCUT2D eigenvalue weighted by Crippen LogP contribution is -2.11. The zero-order chi connectivity index (χ0) is 13.0. The highest BCUT2D eigenvalue weighted by Gasteiger charge is 2.00. The quantitative estimate of drug-likeness (QED) is 0.637. The lowest BCUT2D eigenvalue weighted by atomic mass is 10.1. The van der Waals surface area contributed by atoms with Gasteiger partial charge in [-0.05, 0) is 36.2 Å². The van der Waals surface area contributed by atoms with Gasteiger partial charge in [0.1, 0.15) is 18.2 Å². The van der Waals surface area contributed by atoms with E-state index in [0.29, 0.717) is 6.61 Å². The van der Waals surface area contributed by atoms with Gasteiger partial charge in [0.2, 0.25) is 0 Å². The van der Waals surface area contributed by atoms with Gasteiger partial charge in [-0.25, -0.2) is 0 Å². The molecule has 92 valence electrons. The molecule has 0 saturated carbocycles. The largest absolute Gasteiger partial charge is 0.489 e. The van der Waals surface area contributed by atoms with Crippen molar-refractivity contribution in [3.05, 3.63) is 65.2 Å². The van der Waals surface area contributed by atoms with Gasteiger partial charge in [0, 0.05) is 5.56 Å². The lowest BCUT2D eigenvalue weighted by Gasteiger charge is -2.08. The number of nitrogen functional groups attached to an aromatic ring is 1. The molecule has 0 aliphatic carbocycles. The summed E-state index contributed by atoms with van der Waals surface area (Å²) in [6.07, 6.45) is 0. The maximum absolute atomic E-state index is 7.39. The lowest BCUT2D eigenvalue weighted by molar-refractivity contribution is 0.306. The highest BCUT2D eigenvalue weighted by molar-refractivity contribution is 5.95. The average Bonchev–Trinajstić information content (AvgIpc) is 2.37. The first-order chi connectivity index (χ1) is 8.65. The number of benzene rings is 2. The molecule has 0 radical (unpaired) electrons. The molecule has 0 bridgehead atoms. The van der Waals surface area contributed by atoms with E-state index in [2.05, 4.69) is 0 Å². The van der Waals surface area contributed by atoms with Crippen molar-refractivity contribution in [3.8, 4) is 5.75 Å². The Hall–Kier alpha value is -2.29. The molecule has 0 aliphatic heterocycles. The van der Waals surface area contributed by atoms with Crippen molar-refractivity contribution < 1.29 is 4.74 Å². The Morgan fingerprint density at radius 3 is 2.67 bits per heavy atom. The number of hydrogen-bond acceptors (Lipinski definition) is 2. The van der Waals surface area contributed by atoms with Crippen LogP contribution in [0.25, 0.3) is 0 Å². The third-order valence-electron chi connectivity index (χ3n) is 2.63. The van der Waals surface area contributed by atoms with E-state index in [1.807, 2.05) is 55.5 Å². The van der Waals surface area contributed by atoms with Crippen molar-refractivity contribution >= 4 is 5.84 Å². The fourth-order valence-corrected chi connectivity index (χ4v) is 1.70. The zero-order valence-electron chi connectivity index (χ0n) is 10.3. The van der Waals surface area contributed by atoms with Crippen LogP contribution in [0.5, 0.6) is 5.75 Å². The van der Waals surface area contributed by atoms with E-state index in [-0.39, 0.29) is 5.84 Å². The molecule has 0 fully saturated rings. The van der Waals surface area contributed by atoms with E-state index < -0.39 is 0 Å². The molecule has 2 aromatic rings. The van der Waals surface area contributed by atoms with E-state index in [1.165, 1.54) is 5.56 Å². The van der Waals surface area contributed by atoms with Gasteiger partial charge in [-0.1, -0.05) is 30.3 Å². The van der Waals surface area contributed by atoms with Gasteiger partial charge in [0.05, 0.1) is 0 Å². The molecule has 2 rings (SSSR count). The summed E-state index contributed by atoms with van der Waals surface area (Å²) in [6, 6.07) is 15.5. The first-order valence-electron chi connectivity index (χ1n) is 5.78. The van der Waals surface area contributed by atoms with Crippen LogP contribution in [0.1, 0.15) is 16.7 Å². The monoisotopic (exact) mass is 240 g/mol. The Balaban J connectivity index is 2.06. The summed E-state index contributed by atoms with van der Waals surface area (Å²) in [5.74, 6) is 0.927. The van der Waals surface area contributed by atoms with Crippen molar-refractivity contribution in [2.45, 2.75) is 13.5 Å². The number of hydrogen-bond donors (Lipinski definition) is 2. The van der Waals surface area contributed by atoms with Crippen molar-refractivity contribution in [1.29, 1.82) is 5.41 Å². The van der Waals surface area contributed by atoms with Gasteiger partial charge < -0.3 is 10.5 Å². The normalized spacial score (nSPS) is 10.1. The van der Waals surface area contributed by atoms with Gasteiger partial charge in [0.25, 0.3) is 0 Å². The molecular formula is C15H16N2O. The van der Waals surface area contributed by atoms with Crippen LogP contribution in [0.3, 0.4) is 0 Å². The van der Waals surface area contributed by atoms with Gasteiger partial charge in [0.15, 0.2) is 0 Å². The predicted molar refractivity (Wildman–Crippen MR) is 73.0 cm³/mol. The second-order valence-electron chi connectivity index (χ2n) is 4.22. The van der Waals surface area contributed by atoms with Crippen LogP contribution in [-0.4, -0.2) is 5.84 Å². The Kier molecular flexibility index (Phi) is 3.63. The summed E-state index contributed by atoms with van der Waals surface area (Å²) in [5, 5.41) is 7.39. The highest BCUT2D eigenvalue weighted by atomic mass is 16.5. The second kappa shape index (κ2) is 5.36. The maximum atomic E-state index is 7.39. The first-order valence-corrected chi connectivity index (χ1v) is 5.78. The molecule has 0 spiro atoms. The Morgan fingerprint density at radius 2 is 1.94 bits per heavy atom. The van der Waals surface area contributed by atoms with E-state index in [9.17, 15) is 0 Å². The number of nitrogens with one attached hydrogen (secondary N) is 1. The smallest absolute Gasteiger partial charge is 0.122 e. The first kappa shape index (κ1) is 12.2. The van der Waals surface area contributed by atoms with Crippen molar-refractivity contribution in [1.82, 2.24) is 0 Å². The number of nitrogens with two attached hydrogens (primary N) is 1. The molecule has 3 heteroatoms. The standard InChI is InChI=1S/C15H16N2O/c1-11-4-2-7-14(8-11)18-10-12-5-3-6-13(9-12)15(16)17/h2-9H,10H2,1H3,(H3,16,17). The zero-order valence-corrected chi connectivity index (χ0v) is 10.3. The van der Waals surface area contributed by atoms with E-state index in [0.717, 1.165) is 16.9 Å². The number of aryl methyl sites for hydroxylation is 1. The molecular weight excluding hydrogens is 224 g/mol. The molecule has 3 nitrogen and oxygen atoms in total. The van der Waals surface area contributed by atoms with Crippen LogP contribution in [0.2, 0.25) is 0 Å². The van der Waals surface area contributed by atoms with Gasteiger partial charge in [-0.2, -0.15) is 0 Å². The third kappa shape index (κ3) is 3.10. The van der Waals surface area contributed by atoms with Crippen LogP contribution in [0, 0.1) is 12.3 Å². The van der Waals surface area contributed by atoms with Gasteiger partial charge in [-0.3, -0.25) is 5.41 Å². The number of rotatable bonds is 4. The minimum absolute atomic E-state index is 0.0763. The average molecular weight is 240 g/mol. The van der Waals surface area contributed by atoms with Crippen LogP contribution < -0.4 is 10.5 Å². The van der Waals surface area contributed by atoms with Crippen LogP contribution in [-0.2, 0) is 6.61 Å². The summed E-state index contributed by atoms with van der Waals surface area (Å²) in [7, 11) is 0. The van der Waals surface area contributed by atoms with Crippen LogP contribution in [0.4, 0.5) is 0 Å². The molecule has 0 aromatic heterocycles. The van der Waals surface area contributed by atoms with Gasteiger partial charge >= 0.3 is 0 Å². The molecule has 0 heterocycles. The van der Waals surface area contributed by atoms with Crippen molar-refractivity contribution in [2.75, 3.05) is 0 Å². The molecule has 0 aliphatic rings. The van der Waals surface area contributed by atoms with Crippen molar-refractivity contribution in [3.63, 3.8) is 0 Å². The Morgan fingerprint density at radius 1 is 1.17 bits per heavy atom. The topological polar surface area (TPSA) is 59.1 Å². The predicted octanol–water partition coefficient (Wildman–Crippen LogP) is 2.86. The summed E-state index contributed by atoms with van der Waals surface area (Å²) < 4.78 is 5.70. The van der Waals surface area contributed by atoms with Crippen LogP contribution >= 0.6 is 0 Å². The molecule has 0 saturated heterocycles. The number of ether oxygens (including phenoxy) is 1. The van der Waals surface area contributed by atoms with E-state index >= 15 is 0 Å². The molecule has 3 N–H and O–H groups in total. The molecule has 18 heavy (non-hydrogen) atoms. The highest BCUT2D eigenvalue weighted by Crippen LogP contribution is 2.15. The molecule has 0 amide bonds. The minimum atomic E-state index is 0.0763. The van der Waals surface area contributed by atoms with Crippen LogP contribution in [0.15, 0.2) is 48.5 Å².